The van der Waals surface area contributed by atoms with Crippen LogP contribution in [0, 0.1) is 35.8 Å². The topological polar surface area (TPSA) is 84.5 Å². The van der Waals surface area contributed by atoms with Crippen molar-refractivity contribution >= 4 is 35.3 Å². The van der Waals surface area contributed by atoms with Crippen LogP contribution in [0.3, 0.4) is 0 Å². The van der Waals surface area contributed by atoms with E-state index in [1.54, 1.807) is 12.2 Å². The van der Waals surface area contributed by atoms with Crippen molar-refractivity contribution in [3.63, 3.8) is 0 Å². The predicted octanol–water partition coefficient (Wildman–Crippen LogP) is 16.6. The molecule has 11 rings (SSSR count). The quantitative estimate of drug-likeness (QED) is 0.180. The van der Waals surface area contributed by atoms with Crippen LogP contribution in [0.25, 0.3) is 27.9 Å². The molecule has 0 saturated carbocycles. The van der Waals surface area contributed by atoms with Crippen molar-refractivity contribution < 1.29 is 9.47 Å². The van der Waals surface area contributed by atoms with Crippen LogP contribution in [-0.4, -0.2) is 39.3 Å². The first-order valence-corrected chi connectivity index (χ1v) is 28.9. The lowest BCUT2D eigenvalue weighted by Gasteiger charge is -2.48. The van der Waals surface area contributed by atoms with Crippen molar-refractivity contribution in [3.8, 4) is 12.1 Å². The van der Waals surface area contributed by atoms with Gasteiger partial charge in [-0.2, -0.15) is 0 Å². The lowest BCUT2D eigenvalue weighted by molar-refractivity contribution is 0.318. The molecule has 0 radical (unpaired) electrons. The van der Waals surface area contributed by atoms with Crippen molar-refractivity contribution in [3.05, 3.63) is 197 Å². The molecule has 0 atom stereocenters. The van der Waals surface area contributed by atoms with E-state index in [0.717, 1.165) is 94.5 Å². The Morgan fingerprint density at radius 3 is 0.925 bits per heavy atom. The average Bonchev–Trinajstić information content (AvgIpc) is 3.59. The molecule has 9 heteroatoms. The summed E-state index contributed by atoms with van der Waals surface area (Å²) in [6, 6.07) is 18.1. The molecule has 3 aromatic rings. The summed E-state index contributed by atoms with van der Waals surface area (Å²) in [4.78, 5) is 14.6. The molecule has 0 unspecified atom stereocenters. The maximum absolute atomic E-state index is 9.79. The van der Waals surface area contributed by atoms with E-state index in [4.69, 9.17) is 22.6 Å². The molecule has 0 saturated heterocycles. The summed E-state index contributed by atoms with van der Waals surface area (Å²) in [5, 5.41) is 19.0. The van der Waals surface area contributed by atoms with Crippen LogP contribution in [0.4, 0.5) is 17.1 Å². The SMILES string of the molecule is [C-]#[N+]/C(C#N)=C1/C=C(C)OC(/C=C/c2cc3c4c(c2)C(C)(C)CCN4CCC3(C)C)=C1.[C-]#[N+]C(C#N)=C1C=C(/C=C/c2cc3c4c(c2)C(C)(C)CCN4CCC3(C)C)OC(/C=C/c2cc3c4c(c2)C(C)(C)CCN4CCC3(C)C)=C1. The van der Waals surface area contributed by atoms with Gasteiger partial charge in [-0.3, -0.25) is 0 Å². The molecule has 8 aliphatic heterocycles. The summed E-state index contributed by atoms with van der Waals surface area (Å²) in [5.74, 6) is 2.53. The van der Waals surface area contributed by atoms with E-state index in [2.05, 4.69) is 168 Å². The van der Waals surface area contributed by atoms with Gasteiger partial charge in [0.2, 0.25) is 0 Å². The number of nitrogens with zero attached hydrogens (tertiary/aromatic N) is 7. The highest BCUT2D eigenvalue weighted by molar-refractivity contribution is 5.75. The van der Waals surface area contributed by atoms with Gasteiger partial charge in [-0.1, -0.05) is 101 Å². The fourth-order valence-corrected chi connectivity index (χ4v) is 13.2. The van der Waals surface area contributed by atoms with Gasteiger partial charge in [0.25, 0.3) is 11.4 Å². The van der Waals surface area contributed by atoms with E-state index < -0.39 is 0 Å². The number of allylic oxidation sites excluding steroid dienone is 12. The number of anilines is 3. The second kappa shape index (κ2) is 20.4. The Balaban J connectivity index is 0.000000200. The first kappa shape index (κ1) is 55.6. The predicted molar refractivity (Wildman–Crippen MR) is 328 cm³/mol. The zero-order valence-electron chi connectivity index (χ0n) is 49.7. The summed E-state index contributed by atoms with van der Waals surface area (Å²) in [7, 11) is 0. The van der Waals surface area contributed by atoms with E-state index >= 15 is 0 Å². The van der Waals surface area contributed by atoms with Crippen molar-refractivity contribution in [1.82, 2.24) is 0 Å². The minimum Gasteiger partial charge on any atom is -0.462 e. The molecule has 0 spiro atoms. The Bertz CT molecular complexity index is 3300. The smallest absolute Gasteiger partial charge is 0.269 e. The van der Waals surface area contributed by atoms with Gasteiger partial charge < -0.3 is 24.2 Å². The Kier molecular flexibility index (Phi) is 14.2. The van der Waals surface area contributed by atoms with Gasteiger partial charge in [0.1, 0.15) is 23.0 Å². The standard InChI is InChI=1S/C44H50N4O.C27H29N3O/c1-41(2)14-18-47-19-15-42(3,4)35-23-29(22-34(41)39(35)47)10-12-32-26-31(38(28-45)46-9)27-33(49-32)13-11-30-24-36-40-37(25-30)44(7,8)17-21-48(40)20-16-43(36,5)6;1-18-13-20(24(17-28)29-6)16-21(31-18)8-7-19-14-22-25-23(15-19)27(4,5)10-12-30(25)11-9-26(22,2)3/h10-13,22-27H,14-21H2,1-8H3;7-8,13-16H,9-12H2,1-5H3/b12-10+,13-11+;8-7+,24-20-. The molecular weight excluding hydrogens is 983 g/mol. The zero-order chi connectivity index (χ0) is 57.3. The van der Waals surface area contributed by atoms with E-state index in [9.17, 15) is 10.5 Å². The third-order valence-electron chi connectivity index (χ3n) is 18.8. The molecule has 8 heterocycles. The molecule has 9 nitrogen and oxygen atoms in total. The Morgan fingerprint density at radius 1 is 0.425 bits per heavy atom. The third kappa shape index (κ3) is 10.5. The highest BCUT2D eigenvalue weighted by Crippen LogP contribution is 2.53. The first-order valence-electron chi connectivity index (χ1n) is 28.9. The van der Waals surface area contributed by atoms with Gasteiger partial charge in [0.15, 0.2) is 0 Å². The molecule has 0 aliphatic carbocycles. The third-order valence-corrected chi connectivity index (χ3v) is 18.8. The van der Waals surface area contributed by atoms with Crippen molar-refractivity contribution in [2.24, 2.45) is 0 Å². The van der Waals surface area contributed by atoms with E-state index in [1.165, 1.54) is 50.4 Å². The largest absolute Gasteiger partial charge is 0.462 e. The van der Waals surface area contributed by atoms with Crippen LogP contribution in [-0.2, 0) is 42.0 Å². The Labute approximate surface area is 477 Å². The molecule has 0 aromatic heterocycles. The molecule has 0 amide bonds. The fraction of sp³-hybridized carbons (Fsp3) is 0.437. The lowest BCUT2D eigenvalue weighted by Crippen LogP contribution is -2.44. The highest BCUT2D eigenvalue weighted by Gasteiger charge is 2.43. The van der Waals surface area contributed by atoms with E-state index in [1.807, 2.05) is 43.4 Å². The maximum Gasteiger partial charge on any atom is 0.269 e. The number of hydrogen-bond donors (Lipinski definition) is 0. The fourth-order valence-electron chi connectivity index (χ4n) is 13.2. The molecule has 0 fully saturated rings. The average molecular weight is 1060 g/mol. The maximum atomic E-state index is 9.79. The second-order valence-corrected chi connectivity index (χ2v) is 27.3. The number of benzene rings is 3. The molecule has 0 bridgehead atoms. The zero-order valence-corrected chi connectivity index (χ0v) is 49.7. The second-order valence-electron chi connectivity index (χ2n) is 27.3. The summed E-state index contributed by atoms with van der Waals surface area (Å²) in [6.07, 6.45) is 26.2. The summed E-state index contributed by atoms with van der Waals surface area (Å²) < 4.78 is 12.3. The van der Waals surface area contributed by atoms with Crippen LogP contribution in [0.5, 0.6) is 0 Å². The number of hydrogen-bond acceptors (Lipinski definition) is 7. The Morgan fingerprint density at radius 2 is 0.675 bits per heavy atom. The minimum absolute atomic E-state index is 0.0590. The molecule has 410 valence electrons. The summed E-state index contributed by atoms with van der Waals surface area (Å²) in [5.41, 5.74) is 18.3. The lowest BCUT2D eigenvalue weighted by atomic mass is 9.69. The van der Waals surface area contributed by atoms with Gasteiger partial charge in [-0.05, 0) is 218 Å². The van der Waals surface area contributed by atoms with Crippen LogP contribution >= 0.6 is 0 Å². The van der Waals surface area contributed by atoms with Gasteiger partial charge in [-0.25, -0.2) is 20.2 Å². The van der Waals surface area contributed by atoms with Crippen molar-refractivity contribution in [2.45, 2.75) is 161 Å². The van der Waals surface area contributed by atoms with Crippen LogP contribution in [0.15, 0.2) is 125 Å². The van der Waals surface area contributed by atoms with Crippen LogP contribution in [0.1, 0.15) is 179 Å². The number of nitriles is 2. The first-order chi connectivity index (χ1) is 37.8. The molecule has 8 aliphatic rings. The molecule has 3 aromatic carbocycles. The minimum atomic E-state index is 0.0590. The monoisotopic (exact) mass is 1060 g/mol. The van der Waals surface area contributed by atoms with E-state index in [0.29, 0.717) is 34.2 Å². The van der Waals surface area contributed by atoms with Gasteiger partial charge in [0.05, 0.1) is 25.3 Å². The van der Waals surface area contributed by atoms with Gasteiger partial charge in [0, 0.05) is 56.3 Å². The van der Waals surface area contributed by atoms with Gasteiger partial charge in [-0.15, -0.1) is 0 Å². The van der Waals surface area contributed by atoms with Crippen molar-refractivity contribution in [1.29, 1.82) is 10.5 Å². The summed E-state index contributed by atoms with van der Waals surface area (Å²) in [6.45, 7) is 51.7. The van der Waals surface area contributed by atoms with Crippen LogP contribution in [0.2, 0.25) is 0 Å². The van der Waals surface area contributed by atoms with Gasteiger partial charge >= 0.3 is 0 Å². The highest BCUT2D eigenvalue weighted by atomic mass is 16.5. The normalized spacial score (nSPS) is 22.4. The van der Waals surface area contributed by atoms with Crippen molar-refractivity contribution in [2.75, 3.05) is 54.0 Å². The molecular formula is C71H79N7O2. The van der Waals surface area contributed by atoms with E-state index in [-0.39, 0.29) is 43.9 Å². The molecule has 80 heavy (non-hydrogen) atoms. The number of ether oxygens (including phenoxy) is 2. The Hall–Kier alpha value is -7.72. The number of rotatable bonds is 6. The van der Waals surface area contributed by atoms with Crippen LogP contribution < -0.4 is 14.7 Å². The summed E-state index contributed by atoms with van der Waals surface area (Å²) >= 11 is 0. The molecule has 0 N–H and O–H groups in total.